The average molecular weight is 352 g/mol. The van der Waals surface area contributed by atoms with Gasteiger partial charge in [-0.2, -0.15) is 4.98 Å². The van der Waals surface area contributed by atoms with Crippen molar-refractivity contribution >= 4 is 11.8 Å². The summed E-state index contributed by atoms with van der Waals surface area (Å²) in [5, 5.41) is 0.709. The Balaban J connectivity index is 1.75. The van der Waals surface area contributed by atoms with Crippen LogP contribution >= 0.6 is 11.8 Å². The summed E-state index contributed by atoms with van der Waals surface area (Å²) in [6, 6.07) is 17.6. The Labute approximate surface area is 152 Å². The molecule has 0 N–H and O–H groups in total. The summed E-state index contributed by atoms with van der Waals surface area (Å²) in [5.41, 5.74) is 3.43. The highest BCUT2D eigenvalue weighted by atomic mass is 32.2. The second-order valence-electron chi connectivity index (χ2n) is 5.63. The number of aromatic nitrogens is 2. The number of methoxy groups -OCH3 is 1. The van der Waals surface area contributed by atoms with E-state index >= 15 is 0 Å². The Morgan fingerprint density at radius 1 is 0.920 bits per heavy atom. The molecule has 3 aromatic rings. The zero-order chi connectivity index (χ0) is 17.6. The normalized spacial score (nSPS) is 10.5. The fraction of sp³-hybridized carbons (Fsp3) is 0.200. The first-order valence-corrected chi connectivity index (χ1v) is 8.97. The van der Waals surface area contributed by atoms with Crippen LogP contribution in [0.3, 0.4) is 0 Å². The SMILES string of the molecule is COc1cccc(Oc2cc(C)nc(SCc3ccccc3C)n2)c1. The molecule has 128 valence electrons. The highest BCUT2D eigenvalue weighted by Gasteiger charge is 2.07. The number of benzene rings is 2. The standard InChI is InChI=1S/C20H20N2O2S/c1-14-7-4-5-8-16(14)13-25-20-21-15(2)11-19(22-20)24-18-10-6-9-17(12-18)23-3/h4-12H,13H2,1-3H3. The predicted molar refractivity (Wildman–Crippen MR) is 101 cm³/mol. The second-order valence-corrected chi connectivity index (χ2v) is 6.57. The van der Waals surface area contributed by atoms with E-state index < -0.39 is 0 Å². The van der Waals surface area contributed by atoms with Gasteiger partial charge >= 0.3 is 0 Å². The molecule has 0 saturated carbocycles. The average Bonchev–Trinajstić information content (AvgIpc) is 2.61. The third-order valence-electron chi connectivity index (χ3n) is 3.69. The Morgan fingerprint density at radius 3 is 2.52 bits per heavy atom. The minimum atomic E-state index is 0.535. The molecular formula is C20H20N2O2S. The number of aryl methyl sites for hydroxylation is 2. The van der Waals surface area contributed by atoms with Gasteiger partial charge in [-0.15, -0.1) is 0 Å². The van der Waals surface area contributed by atoms with Crippen LogP contribution in [-0.4, -0.2) is 17.1 Å². The van der Waals surface area contributed by atoms with Crippen LogP contribution in [0.25, 0.3) is 0 Å². The van der Waals surface area contributed by atoms with Gasteiger partial charge in [0.2, 0.25) is 5.88 Å². The molecule has 0 unspecified atom stereocenters. The molecule has 0 aliphatic carbocycles. The van der Waals surface area contributed by atoms with Gasteiger partial charge in [-0.25, -0.2) is 4.98 Å². The first-order valence-electron chi connectivity index (χ1n) is 7.99. The molecule has 0 atom stereocenters. The molecule has 0 spiro atoms. The van der Waals surface area contributed by atoms with E-state index in [-0.39, 0.29) is 0 Å². The van der Waals surface area contributed by atoms with Crippen molar-refractivity contribution in [2.75, 3.05) is 7.11 Å². The lowest BCUT2D eigenvalue weighted by Crippen LogP contribution is -1.96. The predicted octanol–water partition coefficient (Wildman–Crippen LogP) is 5.19. The van der Waals surface area contributed by atoms with Crippen LogP contribution in [0.2, 0.25) is 0 Å². The lowest BCUT2D eigenvalue weighted by atomic mass is 10.1. The topological polar surface area (TPSA) is 44.2 Å². The monoisotopic (exact) mass is 352 g/mol. The van der Waals surface area contributed by atoms with Crippen molar-refractivity contribution in [3.8, 4) is 17.4 Å². The van der Waals surface area contributed by atoms with E-state index in [0.717, 1.165) is 17.2 Å². The van der Waals surface area contributed by atoms with Crippen LogP contribution in [0, 0.1) is 13.8 Å². The van der Waals surface area contributed by atoms with Crippen molar-refractivity contribution in [3.63, 3.8) is 0 Å². The van der Waals surface area contributed by atoms with E-state index in [9.17, 15) is 0 Å². The van der Waals surface area contributed by atoms with Crippen molar-refractivity contribution < 1.29 is 9.47 Å². The number of thioether (sulfide) groups is 1. The van der Waals surface area contributed by atoms with Crippen LogP contribution in [0.1, 0.15) is 16.8 Å². The smallest absolute Gasteiger partial charge is 0.223 e. The molecule has 4 nitrogen and oxygen atoms in total. The maximum absolute atomic E-state index is 5.87. The minimum absolute atomic E-state index is 0.535. The summed E-state index contributed by atoms with van der Waals surface area (Å²) in [4.78, 5) is 9.02. The molecule has 0 aliphatic rings. The van der Waals surface area contributed by atoms with Gasteiger partial charge < -0.3 is 9.47 Å². The Hall–Kier alpha value is -2.53. The highest BCUT2D eigenvalue weighted by molar-refractivity contribution is 7.98. The van der Waals surface area contributed by atoms with Crippen LogP contribution in [0.5, 0.6) is 17.4 Å². The summed E-state index contributed by atoms with van der Waals surface area (Å²) in [6.07, 6.45) is 0. The van der Waals surface area contributed by atoms with Gasteiger partial charge in [-0.1, -0.05) is 42.1 Å². The molecule has 0 amide bonds. The fourth-order valence-corrected chi connectivity index (χ4v) is 3.30. The van der Waals surface area contributed by atoms with Crippen LogP contribution in [0.15, 0.2) is 59.8 Å². The van der Waals surface area contributed by atoms with Crippen LogP contribution < -0.4 is 9.47 Å². The maximum Gasteiger partial charge on any atom is 0.223 e. The molecule has 5 heteroatoms. The van der Waals surface area contributed by atoms with Crippen LogP contribution in [0.4, 0.5) is 0 Å². The van der Waals surface area contributed by atoms with Gasteiger partial charge in [0.25, 0.3) is 0 Å². The largest absolute Gasteiger partial charge is 0.497 e. The van der Waals surface area contributed by atoms with Crippen molar-refractivity contribution in [1.82, 2.24) is 9.97 Å². The maximum atomic E-state index is 5.87. The zero-order valence-corrected chi connectivity index (χ0v) is 15.3. The Morgan fingerprint density at radius 2 is 1.72 bits per heavy atom. The van der Waals surface area contributed by atoms with Crippen molar-refractivity contribution in [1.29, 1.82) is 0 Å². The molecule has 0 aliphatic heterocycles. The van der Waals surface area contributed by atoms with Crippen molar-refractivity contribution in [2.24, 2.45) is 0 Å². The zero-order valence-electron chi connectivity index (χ0n) is 14.5. The van der Waals surface area contributed by atoms with Gasteiger partial charge in [0, 0.05) is 23.6 Å². The van der Waals surface area contributed by atoms with E-state index in [0.29, 0.717) is 16.8 Å². The molecule has 0 saturated heterocycles. The summed E-state index contributed by atoms with van der Waals surface area (Å²) in [7, 11) is 1.63. The lowest BCUT2D eigenvalue weighted by molar-refractivity contribution is 0.406. The number of nitrogens with zero attached hydrogens (tertiary/aromatic N) is 2. The second kappa shape index (κ2) is 8.03. The first kappa shape index (κ1) is 17.3. The van der Waals surface area contributed by atoms with Gasteiger partial charge in [-0.3, -0.25) is 0 Å². The quantitative estimate of drug-likeness (QED) is 0.451. The molecular weight excluding hydrogens is 332 g/mol. The van der Waals surface area contributed by atoms with E-state index in [1.165, 1.54) is 11.1 Å². The molecule has 0 radical (unpaired) electrons. The molecule has 0 bridgehead atoms. The minimum Gasteiger partial charge on any atom is -0.497 e. The molecule has 1 heterocycles. The number of ether oxygens (including phenoxy) is 2. The molecule has 3 rings (SSSR count). The van der Waals surface area contributed by atoms with Crippen LogP contribution in [-0.2, 0) is 5.75 Å². The van der Waals surface area contributed by atoms with E-state index in [1.807, 2.05) is 43.3 Å². The Bertz CT molecular complexity index is 868. The van der Waals surface area contributed by atoms with Gasteiger partial charge in [0.15, 0.2) is 5.16 Å². The van der Waals surface area contributed by atoms with Gasteiger partial charge in [0.05, 0.1) is 7.11 Å². The molecule has 2 aromatic carbocycles. The first-order chi connectivity index (χ1) is 12.1. The summed E-state index contributed by atoms with van der Waals surface area (Å²) < 4.78 is 11.1. The van der Waals surface area contributed by atoms with Crippen molar-refractivity contribution in [2.45, 2.75) is 24.8 Å². The van der Waals surface area contributed by atoms with E-state index in [1.54, 1.807) is 18.9 Å². The molecule has 25 heavy (non-hydrogen) atoms. The van der Waals surface area contributed by atoms with Gasteiger partial charge in [-0.05, 0) is 37.1 Å². The number of hydrogen-bond donors (Lipinski definition) is 0. The summed E-state index contributed by atoms with van der Waals surface area (Å²) in [5.74, 6) is 2.80. The van der Waals surface area contributed by atoms with E-state index in [4.69, 9.17) is 9.47 Å². The summed E-state index contributed by atoms with van der Waals surface area (Å²) >= 11 is 1.61. The number of hydrogen-bond acceptors (Lipinski definition) is 5. The molecule has 0 fully saturated rings. The third-order valence-corrected chi connectivity index (χ3v) is 4.59. The van der Waals surface area contributed by atoms with Gasteiger partial charge in [0.1, 0.15) is 11.5 Å². The van der Waals surface area contributed by atoms with Crippen molar-refractivity contribution in [3.05, 3.63) is 71.4 Å². The fourth-order valence-electron chi connectivity index (χ4n) is 2.33. The molecule has 1 aromatic heterocycles. The highest BCUT2D eigenvalue weighted by Crippen LogP contribution is 2.27. The lowest BCUT2D eigenvalue weighted by Gasteiger charge is -2.09. The summed E-state index contributed by atoms with van der Waals surface area (Å²) in [6.45, 7) is 4.06. The van der Waals surface area contributed by atoms with E-state index in [2.05, 4.69) is 35.1 Å². The number of rotatable bonds is 6. The third kappa shape index (κ3) is 4.73. The Kier molecular flexibility index (Phi) is 5.56.